The number of carbonyl (C=O) groups is 1. The van der Waals surface area contributed by atoms with Crippen molar-refractivity contribution in [2.75, 3.05) is 19.5 Å². The Balaban J connectivity index is 1.57. The topological polar surface area (TPSA) is 89.8 Å². The number of methoxy groups -OCH3 is 2. The van der Waals surface area contributed by atoms with Crippen LogP contribution in [0.1, 0.15) is 37.7 Å². The summed E-state index contributed by atoms with van der Waals surface area (Å²) in [6.07, 6.45) is 6.31. The third kappa shape index (κ3) is 5.03. The lowest BCUT2D eigenvalue weighted by Crippen LogP contribution is -2.39. The number of pyridine rings is 1. The first kappa shape index (κ1) is 22.9. The van der Waals surface area contributed by atoms with Gasteiger partial charge >= 0.3 is 0 Å². The molecular weight excluding hydrogens is 420 g/mol. The number of aliphatic hydroxyl groups is 1. The molecule has 0 radical (unpaired) electrons. The van der Waals surface area contributed by atoms with E-state index in [4.69, 9.17) is 9.47 Å². The van der Waals surface area contributed by atoms with Crippen LogP contribution in [0.3, 0.4) is 0 Å². The van der Waals surface area contributed by atoms with E-state index in [0.717, 1.165) is 19.3 Å². The maximum Gasteiger partial charge on any atom is 0.258 e. The number of carbonyl (C=O) groups excluding carboxylic acids is 1. The van der Waals surface area contributed by atoms with Crippen LogP contribution in [0.25, 0.3) is 10.8 Å². The predicted octanol–water partition coefficient (Wildman–Crippen LogP) is 3.90. The number of anilines is 1. The Bertz CT molecular complexity index is 1210. The van der Waals surface area contributed by atoms with Gasteiger partial charge in [0.2, 0.25) is 5.91 Å². The summed E-state index contributed by atoms with van der Waals surface area (Å²) < 4.78 is 12.2. The molecule has 0 unspecified atom stereocenters. The number of rotatable bonds is 7. The van der Waals surface area contributed by atoms with Crippen LogP contribution in [-0.4, -0.2) is 35.4 Å². The normalized spacial score (nSPS) is 15.2. The first-order valence-electron chi connectivity index (χ1n) is 11.3. The minimum absolute atomic E-state index is 0.0981. The number of benzene rings is 2. The fourth-order valence-corrected chi connectivity index (χ4v) is 4.62. The van der Waals surface area contributed by atoms with Crippen LogP contribution in [-0.2, 0) is 17.8 Å². The quantitative estimate of drug-likeness (QED) is 0.570. The Labute approximate surface area is 193 Å². The van der Waals surface area contributed by atoms with Gasteiger partial charge in [-0.3, -0.25) is 9.59 Å². The second-order valence-electron chi connectivity index (χ2n) is 8.70. The Hall–Kier alpha value is -3.32. The number of nitrogens with one attached hydrogen (secondary N) is 1. The van der Waals surface area contributed by atoms with Gasteiger partial charge in [-0.1, -0.05) is 25.3 Å². The van der Waals surface area contributed by atoms with Gasteiger partial charge in [-0.05, 0) is 49.2 Å². The standard InChI is InChI=1S/C26H30N2O5/c1-32-19-9-10-23(33-2)18(15-19)16-24(29)27-22-8-6-7-21-20(22)11-14-28(25(21)30)17-26(31)12-4-3-5-13-26/h6-11,14-15,31H,3-5,12-13,16-17H2,1-2H3,(H,27,29). The van der Waals surface area contributed by atoms with Crippen LogP contribution >= 0.6 is 0 Å². The van der Waals surface area contributed by atoms with E-state index in [1.807, 2.05) is 6.07 Å². The maximum absolute atomic E-state index is 13.1. The zero-order valence-corrected chi connectivity index (χ0v) is 19.1. The number of aromatic nitrogens is 1. The number of hydrogen-bond donors (Lipinski definition) is 2. The molecule has 4 rings (SSSR count). The van der Waals surface area contributed by atoms with Crippen molar-refractivity contribution in [2.24, 2.45) is 0 Å². The molecule has 1 aromatic heterocycles. The summed E-state index contributed by atoms with van der Waals surface area (Å²) in [5.41, 5.74) is 0.270. The molecule has 0 bridgehead atoms. The number of ether oxygens (including phenoxy) is 2. The average molecular weight is 451 g/mol. The fraction of sp³-hybridized carbons (Fsp3) is 0.385. The lowest BCUT2D eigenvalue weighted by Gasteiger charge is -2.32. The average Bonchev–Trinajstić information content (AvgIpc) is 2.81. The molecule has 33 heavy (non-hydrogen) atoms. The molecule has 1 aliphatic rings. The minimum atomic E-state index is -0.836. The van der Waals surface area contributed by atoms with Gasteiger partial charge in [-0.15, -0.1) is 0 Å². The minimum Gasteiger partial charge on any atom is -0.497 e. The Morgan fingerprint density at radius 3 is 2.58 bits per heavy atom. The van der Waals surface area contributed by atoms with Crippen molar-refractivity contribution in [2.45, 2.75) is 50.7 Å². The summed E-state index contributed by atoms with van der Waals surface area (Å²) in [6.45, 7) is 0.286. The Morgan fingerprint density at radius 1 is 1.06 bits per heavy atom. The largest absolute Gasteiger partial charge is 0.497 e. The fourth-order valence-electron chi connectivity index (χ4n) is 4.62. The molecule has 1 aliphatic carbocycles. The van der Waals surface area contributed by atoms with Gasteiger partial charge in [0.25, 0.3) is 5.56 Å². The monoisotopic (exact) mass is 450 g/mol. The van der Waals surface area contributed by atoms with Crippen molar-refractivity contribution >= 4 is 22.4 Å². The summed E-state index contributed by atoms with van der Waals surface area (Å²) in [6, 6.07) is 12.4. The van der Waals surface area contributed by atoms with E-state index in [0.29, 0.717) is 46.4 Å². The molecule has 7 nitrogen and oxygen atoms in total. The van der Waals surface area contributed by atoms with Gasteiger partial charge in [0.1, 0.15) is 11.5 Å². The van der Waals surface area contributed by atoms with Crippen molar-refractivity contribution in [3.8, 4) is 11.5 Å². The van der Waals surface area contributed by atoms with E-state index >= 15 is 0 Å². The van der Waals surface area contributed by atoms with Crippen molar-refractivity contribution in [1.82, 2.24) is 4.57 Å². The molecular formula is C26H30N2O5. The highest BCUT2D eigenvalue weighted by atomic mass is 16.5. The van der Waals surface area contributed by atoms with Crippen LogP contribution in [0, 0.1) is 0 Å². The third-order valence-corrected chi connectivity index (χ3v) is 6.38. The van der Waals surface area contributed by atoms with Crippen molar-refractivity contribution in [3.63, 3.8) is 0 Å². The van der Waals surface area contributed by atoms with Crippen LogP contribution in [0.2, 0.25) is 0 Å². The molecule has 1 heterocycles. The lowest BCUT2D eigenvalue weighted by molar-refractivity contribution is -0.115. The van der Waals surface area contributed by atoms with Gasteiger partial charge in [0.05, 0.1) is 32.8 Å². The SMILES string of the molecule is COc1ccc(OC)c(CC(=O)Nc2cccc3c(=O)n(CC4(O)CCCCC4)ccc23)c1. The van der Waals surface area contributed by atoms with Crippen LogP contribution in [0.15, 0.2) is 53.5 Å². The molecule has 0 spiro atoms. The van der Waals surface area contributed by atoms with Crippen LogP contribution < -0.4 is 20.3 Å². The molecule has 0 aliphatic heterocycles. The van der Waals surface area contributed by atoms with E-state index in [9.17, 15) is 14.7 Å². The summed E-state index contributed by atoms with van der Waals surface area (Å²) in [4.78, 5) is 26.0. The van der Waals surface area contributed by atoms with Gasteiger partial charge in [0, 0.05) is 28.2 Å². The first-order chi connectivity index (χ1) is 15.9. The number of nitrogens with zero attached hydrogens (tertiary/aromatic N) is 1. The Morgan fingerprint density at radius 2 is 1.85 bits per heavy atom. The Kier molecular flexibility index (Phi) is 6.70. The summed E-state index contributed by atoms with van der Waals surface area (Å²) in [7, 11) is 3.13. The number of fused-ring (bicyclic) bond motifs is 1. The predicted molar refractivity (Wildman–Crippen MR) is 128 cm³/mol. The lowest BCUT2D eigenvalue weighted by atomic mass is 9.85. The smallest absolute Gasteiger partial charge is 0.258 e. The highest BCUT2D eigenvalue weighted by molar-refractivity contribution is 6.02. The molecule has 1 amide bonds. The molecule has 0 atom stereocenters. The van der Waals surface area contributed by atoms with Gasteiger partial charge in [0.15, 0.2) is 0 Å². The number of hydrogen-bond acceptors (Lipinski definition) is 5. The van der Waals surface area contributed by atoms with Crippen LogP contribution in [0.5, 0.6) is 11.5 Å². The maximum atomic E-state index is 13.1. The molecule has 174 valence electrons. The second-order valence-corrected chi connectivity index (χ2v) is 8.70. The summed E-state index contributed by atoms with van der Waals surface area (Å²) in [5, 5.41) is 15.0. The zero-order valence-electron chi connectivity index (χ0n) is 19.1. The molecule has 3 aromatic rings. The van der Waals surface area contributed by atoms with Gasteiger partial charge < -0.3 is 24.5 Å². The molecule has 7 heteroatoms. The molecule has 2 aromatic carbocycles. The number of amides is 1. The van der Waals surface area contributed by atoms with Gasteiger partial charge in [-0.25, -0.2) is 0 Å². The van der Waals surface area contributed by atoms with E-state index in [2.05, 4.69) is 5.32 Å². The van der Waals surface area contributed by atoms with Crippen molar-refractivity contribution in [3.05, 3.63) is 64.6 Å². The van der Waals surface area contributed by atoms with Crippen LogP contribution in [0.4, 0.5) is 5.69 Å². The summed E-state index contributed by atoms with van der Waals surface area (Å²) in [5.74, 6) is 1.02. The highest BCUT2D eigenvalue weighted by Crippen LogP contribution is 2.30. The first-order valence-corrected chi connectivity index (χ1v) is 11.3. The molecule has 0 saturated heterocycles. The van der Waals surface area contributed by atoms with E-state index in [-0.39, 0.29) is 24.4 Å². The van der Waals surface area contributed by atoms with E-state index in [1.54, 1.807) is 61.4 Å². The molecule has 2 N–H and O–H groups in total. The molecule has 1 fully saturated rings. The van der Waals surface area contributed by atoms with Crippen molar-refractivity contribution in [1.29, 1.82) is 0 Å². The second kappa shape index (κ2) is 9.67. The van der Waals surface area contributed by atoms with E-state index in [1.165, 1.54) is 0 Å². The summed E-state index contributed by atoms with van der Waals surface area (Å²) >= 11 is 0. The highest BCUT2D eigenvalue weighted by Gasteiger charge is 2.30. The van der Waals surface area contributed by atoms with Gasteiger partial charge in [-0.2, -0.15) is 0 Å². The zero-order chi connectivity index (χ0) is 23.4. The molecule has 1 saturated carbocycles. The van der Waals surface area contributed by atoms with Crippen molar-refractivity contribution < 1.29 is 19.4 Å². The third-order valence-electron chi connectivity index (χ3n) is 6.38. The van der Waals surface area contributed by atoms with E-state index < -0.39 is 5.60 Å².